The molecule has 2 aromatic rings. The first-order valence-corrected chi connectivity index (χ1v) is 9.25. The van der Waals surface area contributed by atoms with Crippen molar-refractivity contribution in [3.63, 3.8) is 0 Å². The summed E-state index contributed by atoms with van der Waals surface area (Å²) in [6.07, 6.45) is 0.422. The minimum absolute atomic E-state index is 0.0514. The van der Waals surface area contributed by atoms with Crippen LogP contribution >= 0.6 is 0 Å². The Morgan fingerprint density at radius 3 is 2.00 bits per heavy atom. The topological polar surface area (TPSA) is 40.6 Å². The molecule has 4 nitrogen and oxygen atoms in total. The normalized spacial score (nSPS) is 14.6. The summed E-state index contributed by atoms with van der Waals surface area (Å²) in [6.45, 7) is 6.66. The zero-order valence-electron chi connectivity index (χ0n) is 15.5. The average molecular weight is 350 g/mol. The van der Waals surface area contributed by atoms with Crippen LogP contribution < -0.4 is 0 Å². The highest BCUT2D eigenvalue weighted by Gasteiger charge is 2.24. The van der Waals surface area contributed by atoms with E-state index >= 15 is 0 Å². The summed E-state index contributed by atoms with van der Waals surface area (Å²) in [5, 5.41) is 0. The van der Waals surface area contributed by atoms with Gasteiger partial charge >= 0.3 is 0 Å². The molecule has 0 aromatic heterocycles. The van der Waals surface area contributed by atoms with E-state index in [2.05, 4.69) is 13.8 Å². The number of rotatable bonds is 4. The zero-order valence-corrected chi connectivity index (χ0v) is 15.5. The molecule has 0 N–H and O–H groups in total. The van der Waals surface area contributed by atoms with Gasteiger partial charge in [-0.1, -0.05) is 56.3 Å². The first kappa shape index (κ1) is 18.2. The van der Waals surface area contributed by atoms with Gasteiger partial charge in [0.15, 0.2) is 0 Å². The van der Waals surface area contributed by atoms with Crippen LogP contribution in [-0.2, 0) is 11.2 Å². The molecule has 3 rings (SSSR count). The third kappa shape index (κ3) is 4.31. The Labute approximate surface area is 155 Å². The Hall–Kier alpha value is -2.62. The molecular formula is C22H26N2O2. The van der Waals surface area contributed by atoms with E-state index in [1.54, 1.807) is 0 Å². The van der Waals surface area contributed by atoms with Crippen LogP contribution in [0.25, 0.3) is 0 Å². The van der Waals surface area contributed by atoms with Crippen LogP contribution in [0.15, 0.2) is 54.6 Å². The number of benzene rings is 2. The fourth-order valence-corrected chi connectivity index (χ4v) is 3.23. The molecule has 0 unspecified atom stereocenters. The van der Waals surface area contributed by atoms with Crippen LogP contribution in [0.4, 0.5) is 0 Å². The second kappa shape index (κ2) is 8.17. The predicted octanol–water partition coefficient (Wildman–Crippen LogP) is 3.34. The van der Waals surface area contributed by atoms with Crippen molar-refractivity contribution in [1.29, 1.82) is 0 Å². The summed E-state index contributed by atoms with van der Waals surface area (Å²) in [5.41, 5.74) is 2.98. The molecule has 0 radical (unpaired) electrons. The lowest BCUT2D eigenvalue weighted by atomic mass is 10.0. The van der Waals surface area contributed by atoms with Gasteiger partial charge in [0.05, 0.1) is 6.42 Å². The van der Waals surface area contributed by atoms with Crippen LogP contribution in [0, 0.1) is 0 Å². The van der Waals surface area contributed by atoms with E-state index in [0.29, 0.717) is 38.5 Å². The third-order valence-electron chi connectivity index (χ3n) is 4.94. The van der Waals surface area contributed by atoms with Gasteiger partial charge in [0.2, 0.25) is 5.91 Å². The maximum absolute atomic E-state index is 12.7. The van der Waals surface area contributed by atoms with Gasteiger partial charge in [-0.3, -0.25) is 9.59 Å². The fourth-order valence-electron chi connectivity index (χ4n) is 3.23. The highest BCUT2D eigenvalue weighted by molar-refractivity contribution is 5.94. The van der Waals surface area contributed by atoms with Crippen molar-refractivity contribution in [3.05, 3.63) is 71.3 Å². The van der Waals surface area contributed by atoms with Crippen molar-refractivity contribution in [2.24, 2.45) is 0 Å². The summed E-state index contributed by atoms with van der Waals surface area (Å²) < 4.78 is 0. The third-order valence-corrected chi connectivity index (χ3v) is 4.94. The van der Waals surface area contributed by atoms with Crippen molar-refractivity contribution in [1.82, 2.24) is 9.80 Å². The van der Waals surface area contributed by atoms with Crippen molar-refractivity contribution < 1.29 is 9.59 Å². The maximum atomic E-state index is 12.7. The number of carbonyl (C=O) groups excluding carboxylic acids is 2. The molecule has 0 aliphatic carbocycles. The van der Waals surface area contributed by atoms with E-state index in [1.807, 2.05) is 64.4 Å². The van der Waals surface area contributed by atoms with Crippen LogP contribution in [-0.4, -0.2) is 47.8 Å². The molecule has 4 heteroatoms. The number of hydrogen-bond acceptors (Lipinski definition) is 2. The quantitative estimate of drug-likeness (QED) is 0.848. The van der Waals surface area contributed by atoms with Gasteiger partial charge in [-0.15, -0.1) is 0 Å². The summed E-state index contributed by atoms with van der Waals surface area (Å²) >= 11 is 0. The first-order valence-electron chi connectivity index (χ1n) is 9.25. The van der Waals surface area contributed by atoms with Crippen molar-refractivity contribution in [3.8, 4) is 0 Å². The van der Waals surface area contributed by atoms with Crippen molar-refractivity contribution >= 4 is 11.8 Å². The maximum Gasteiger partial charge on any atom is 0.253 e. The molecule has 136 valence electrons. The van der Waals surface area contributed by atoms with E-state index in [9.17, 15) is 9.59 Å². The largest absolute Gasteiger partial charge is 0.339 e. The standard InChI is InChI=1S/C22H26N2O2/c1-17(2)19-8-10-20(11-9-19)22(26)24-14-12-23(13-15-24)21(25)16-18-6-4-3-5-7-18/h3-11,17H,12-16H2,1-2H3. The highest BCUT2D eigenvalue weighted by atomic mass is 16.2. The average Bonchev–Trinajstić information content (AvgIpc) is 2.68. The lowest BCUT2D eigenvalue weighted by molar-refractivity contribution is -0.131. The smallest absolute Gasteiger partial charge is 0.253 e. The molecule has 26 heavy (non-hydrogen) atoms. The SMILES string of the molecule is CC(C)c1ccc(C(=O)N2CCN(C(=O)Cc3ccccc3)CC2)cc1. The molecule has 1 saturated heterocycles. The number of amides is 2. The van der Waals surface area contributed by atoms with Crippen LogP contribution in [0.2, 0.25) is 0 Å². The fraction of sp³-hybridized carbons (Fsp3) is 0.364. The molecule has 2 aromatic carbocycles. The van der Waals surface area contributed by atoms with Crippen LogP contribution in [0.1, 0.15) is 41.3 Å². The van der Waals surface area contributed by atoms with Gasteiger partial charge in [0.1, 0.15) is 0 Å². The Morgan fingerprint density at radius 1 is 0.846 bits per heavy atom. The molecular weight excluding hydrogens is 324 g/mol. The predicted molar refractivity (Wildman–Crippen MR) is 103 cm³/mol. The number of piperazine rings is 1. The van der Waals surface area contributed by atoms with E-state index in [-0.39, 0.29) is 11.8 Å². The second-order valence-electron chi connectivity index (χ2n) is 7.11. The van der Waals surface area contributed by atoms with Gasteiger partial charge in [0.25, 0.3) is 5.91 Å². The Morgan fingerprint density at radius 2 is 1.42 bits per heavy atom. The zero-order chi connectivity index (χ0) is 18.5. The van der Waals surface area contributed by atoms with Gasteiger partial charge in [-0.25, -0.2) is 0 Å². The monoisotopic (exact) mass is 350 g/mol. The van der Waals surface area contributed by atoms with Crippen molar-refractivity contribution in [2.45, 2.75) is 26.2 Å². The Kier molecular flexibility index (Phi) is 5.71. The molecule has 0 spiro atoms. The van der Waals surface area contributed by atoms with Gasteiger partial charge in [-0.05, 0) is 29.2 Å². The van der Waals surface area contributed by atoms with E-state index in [1.165, 1.54) is 5.56 Å². The Balaban J connectivity index is 1.54. The molecule has 1 aliphatic rings. The minimum atomic E-state index is 0.0514. The van der Waals surface area contributed by atoms with E-state index in [4.69, 9.17) is 0 Å². The second-order valence-corrected chi connectivity index (χ2v) is 7.11. The highest BCUT2D eigenvalue weighted by Crippen LogP contribution is 2.16. The van der Waals surface area contributed by atoms with Crippen LogP contribution in [0.3, 0.4) is 0 Å². The number of nitrogens with zero attached hydrogens (tertiary/aromatic N) is 2. The molecule has 0 atom stereocenters. The summed E-state index contributed by atoms with van der Waals surface area (Å²) in [7, 11) is 0. The molecule has 0 saturated carbocycles. The Bertz CT molecular complexity index is 745. The molecule has 1 fully saturated rings. The lowest BCUT2D eigenvalue weighted by Crippen LogP contribution is -2.51. The van der Waals surface area contributed by atoms with Crippen LogP contribution in [0.5, 0.6) is 0 Å². The lowest BCUT2D eigenvalue weighted by Gasteiger charge is -2.35. The van der Waals surface area contributed by atoms with Gasteiger partial charge < -0.3 is 9.80 Å². The molecule has 1 aliphatic heterocycles. The van der Waals surface area contributed by atoms with Gasteiger partial charge in [0, 0.05) is 31.7 Å². The molecule has 0 bridgehead atoms. The number of hydrogen-bond donors (Lipinski definition) is 0. The summed E-state index contributed by atoms with van der Waals surface area (Å²) in [4.78, 5) is 28.8. The van der Waals surface area contributed by atoms with E-state index < -0.39 is 0 Å². The summed E-state index contributed by atoms with van der Waals surface area (Å²) in [5.74, 6) is 0.637. The van der Waals surface area contributed by atoms with E-state index in [0.717, 1.165) is 11.1 Å². The molecule has 1 heterocycles. The first-order chi connectivity index (χ1) is 12.5. The van der Waals surface area contributed by atoms with Gasteiger partial charge in [-0.2, -0.15) is 0 Å². The number of carbonyl (C=O) groups is 2. The summed E-state index contributed by atoms with van der Waals surface area (Å²) in [6, 6.07) is 17.7. The molecule has 2 amide bonds. The van der Waals surface area contributed by atoms with Crippen molar-refractivity contribution in [2.75, 3.05) is 26.2 Å². The minimum Gasteiger partial charge on any atom is -0.339 e.